The SMILES string of the molecule is [2H]c1c([2H])c(C(C)(C)C)c([2H])c([2H])c1-c1cc(Oc2ccc3c4ccccc4n(-c4cc(C(C)(C)C)ccn4)c3c2)cc([N+]2=C=[N+](c3c(-c4cc(F)cc(F)c4)cccc3-c3cc(C(C)C)cc(C(C)C)c3)c3ccccc32)c1. The molecule has 372 valence electrons. The number of fused-ring (bicyclic) bond motifs is 4. The first-order chi connectivity index (χ1) is 37.5. The first-order valence-electron chi connectivity index (χ1n) is 27.7. The van der Waals surface area contributed by atoms with Gasteiger partial charge in [-0.1, -0.05) is 148 Å². The third kappa shape index (κ3) is 9.38. The minimum absolute atomic E-state index is 0.116. The minimum Gasteiger partial charge on any atom is -0.457 e. The van der Waals surface area contributed by atoms with Crippen molar-refractivity contribution in [1.82, 2.24) is 18.7 Å². The fourth-order valence-corrected chi connectivity index (χ4v) is 10.0. The smallest absolute Gasteiger partial charge is 0.457 e. The highest BCUT2D eigenvalue weighted by atomic mass is 19.1. The Kier molecular flexibility index (Phi) is 11.2. The number of rotatable bonds is 10. The maximum atomic E-state index is 15.3. The number of hydrogen-bond acceptors (Lipinski definition) is 2. The molecule has 0 saturated heterocycles. The number of benzene rings is 8. The molecule has 0 bridgehead atoms. The number of halogens is 2. The van der Waals surface area contributed by atoms with E-state index >= 15 is 8.78 Å². The van der Waals surface area contributed by atoms with E-state index in [0.717, 1.165) is 67.2 Å². The van der Waals surface area contributed by atoms with E-state index in [-0.39, 0.29) is 47.0 Å². The lowest BCUT2D eigenvalue weighted by Crippen LogP contribution is -2.12. The molecule has 3 heterocycles. The van der Waals surface area contributed by atoms with Gasteiger partial charge in [0, 0.05) is 47.3 Å². The molecule has 7 heteroatoms. The Balaban J connectivity index is 1.18. The Hall–Kier alpha value is -8.25. The summed E-state index contributed by atoms with van der Waals surface area (Å²) in [7, 11) is 0. The zero-order valence-corrected chi connectivity index (χ0v) is 44.1. The van der Waals surface area contributed by atoms with Crippen molar-refractivity contribution >= 4 is 50.6 Å². The predicted molar refractivity (Wildman–Crippen MR) is 308 cm³/mol. The van der Waals surface area contributed by atoms with Crippen molar-refractivity contribution in [2.45, 2.75) is 91.9 Å². The molecule has 8 aromatic carbocycles. The molecule has 75 heavy (non-hydrogen) atoms. The second kappa shape index (κ2) is 18.9. The number of para-hydroxylation sites is 4. The van der Waals surface area contributed by atoms with Crippen molar-refractivity contribution in [2.75, 3.05) is 0 Å². The van der Waals surface area contributed by atoms with Gasteiger partial charge in [0.1, 0.15) is 29.0 Å². The summed E-state index contributed by atoms with van der Waals surface area (Å²) >= 11 is 0. The van der Waals surface area contributed by atoms with E-state index in [1.165, 1.54) is 12.1 Å². The Bertz CT molecular complexity index is 4140. The second-order valence-corrected chi connectivity index (χ2v) is 22.3. The van der Waals surface area contributed by atoms with Crippen LogP contribution in [0, 0.1) is 11.6 Å². The van der Waals surface area contributed by atoms with E-state index < -0.39 is 17.0 Å². The molecular weight excluding hydrogens is 927 g/mol. The van der Waals surface area contributed by atoms with Gasteiger partial charge < -0.3 is 4.74 Å². The van der Waals surface area contributed by atoms with E-state index in [4.69, 9.17) is 9.72 Å². The molecule has 1 aliphatic heterocycles. The molecule has 11 rings (SSSR count). The number of hydrogen-bond donors (Lipinski definition) is 0. The summed E-state index contributed by atoms with van der Waals surface area (Å²) in [6.45, 7) is 20.9. The van der Waals surface area contributed by atoms with Crippen LogP contribution in [-0.2, 0) is 10.8 Å². The van der Waals surface area contributed by atoms with Crippen molar-refractivity contribution in [3.8, 4) is 50.7 Å². The molecule has 0 radical (unpaired) electrons. The van der Waals surface area contributed by atoms with Crippen LogP contribution in [0.4, 0.5) is 31.5 Å². The fraction of sp³-hybridized carbons (Fsp3) is 0.206. The van der Waals surface area contributed by atoms with E-state index in [2.05, 4.69) is 102 Å². The fourth-order valence-electron chi connectivity index (χ4n) is 10.0. The highest BCUT2D eigenvalue weighted by Crippen LogP contribution is 2.47. The van der Waals surface area contributed by atoms with E-state index in [1.54, 1.807) is 6.07 Å². The topological polar surface area (TPSA) is 33.1 Å². The predicted octanol–water partition coefficient (Wildman–Crippen LogP) is 18.9. The van der Waals surface area contributed by atoms with Gasteiger partial charge in [0.05, 0.1) is 33.7 Å². The Labute approximate surface area is 445 Å². The van der Waals surface area contributed by atoms with Crippen LogP contribution in [0.3, 0.4) is 0 Å². The van der Waals surface area contributed by atoms with Crippen LogP contribution >= 0.6 is 0 Å². The molecule has 10 aromatic rings. The van der Waals surface area contributed by atoms with E-state index in [0.29, 0.717) is 50.8 Å². The van der Waals surface area contributed by atoms with Gasteiger partial charge in [-0.3, -0.25) is 4.57 Å². The average Bonchev–Trinajstić information content (AvgIpc) is 4.21. The molecule has 0 atom stereocenters. The average molecular weight is 993 g/mol. The van der Waals surface area contributed by atoms with Gasteiger partial charge in [0.25, 0.3) is 11.4 Å². The monoisotopic (exact) mass is 993 g/mol. The van der Waals surface area contributed by atoms with Crippen LogP contribution in [0.15, 0.2) is 182 Å². The first-order valence-corrected chi connectivity index (χ1v) is 25.7. The van der Waals surface area contributed by atoms with Gasteiger partial charge in [0.15, 0.2) is 0 Å². The maximum Gasteiger partial charge on any atom is 0.503 e. The van der Waals surface area contributed by atoms with Crippen molar-refractivity contribution in [3.05, 3.63) is 216 Å². The standard InChI is InChI=1S/C68H62F2N4O/c1-42(2)45-30-46(43(3)4)32-48(31-45)57-17-15-18-58(49-33-52(69)38-53(70)34-49)66(57)73-41-72(62-20-13-14-21-63(62)73)54-35-47(44-22-24-50(25-23-44)67(5,6)7)36-56(39-54)75-55-26-27-60-59-16-11-12-19-61(59)74(64(60)40-55)65-37-51(28-29-71-65)68(8,9)10/h11-40,42-43H,1-10H3/q+2/i22D,23D,24D,25D. The normalized spacial score (nSPS) is 13.5. The van der Waals surface area contributed by atoms with Gasteiger partial charge >= 0.3 is 6.01 Å². The van der Waals surface area contributed by atoms with Crippen LogP contribution in [-0.4, -0.2) is 15.6 Å². The molecule has 0 unspecified atom stereocenters. The summed E-state index contributed by atoms with van der Waals surface area (Å²) in [5.41, 5.74) is 10.7. The van der Waals surface area contributed by atoms with Crippen molar-refractivity contribution in [2.24, 2.45) is 0 Å². The van der Waals surface area contributed by atoms with Gasteiger partial charge in [-0.05, 0) is 137 Å². The Morgan fingerprint density at radius 1 is 0.533 bits per heavy atom. The van der Waals surface area contributed by atoms with Crippen molar-refractivity contribution in [1.29, 1.82) is 0 Å². The quantitative estimate of drug-likeness (QED) is 0.128. The zero-order valence-electron chi connectivity index (χ0n) is 48.1. The number of ether oxygens (including phenoxy) is 1. The zero-order chi connectivity index (χ0) is 56.0. The van der Waals surface area contributed by atoms with Gasteiger partial charge in [-0.25, -0.2) is 13.8 Å². The summed E-state index contributed by atoms with van der Waals surface area (Å²) in [5.74, 6) is 0.675. The second-order valence-electron chi connectivity index (χ2n) is 22.3. The van der Waals surface area contributed by atoms with Crippen LogP contribution in [0.2, 0.25) is 0 Å². The molecule has 5 nitrogen and oxygen atoms in total. The molecule has 0 N–H and O–H groups in total. The van der Waals surface area contributed by atoms with Crippen LogP contribution < -0.4 is 13.9 Å². The lowest BCUT2D eigenvalue weighted by Gasteiger charge is -2.20. The van der Waals surface area contributed by atoms with Crippen LogP contribution in [0.1, 0.15) is 109 Å². The van der Waals surface area contributed by atoms with E-state index in [9.17, 15) is 5.48 Å². The number of pyridine rings is 1. The summed E-state index contributed by atoms with van der Waals surface area (Å²) in [6.07, 6.45) is 1.85. The largest absolute Gasteiger partial charge is 0.503 e. The number of aromatic nitrogens is 2. The summed E-state index contributed by atoms with van der Waals surface area (Å²) in [5, 5.41) is 2.07. The van der Waals surface area contributed by atoms with Crippen molar-refractivity contribution in [3.63, 3.8) is 0 Å². The lowest BCUT2D eigenvalue weighted by molar-refractivity contribution is 0.483. The minimum atomic E-state index is -0.701. The Morgan fingerprint density at radius 2 is 1.15 bits per heavy atom. The molecule has 1 aliphatic rings. The molecule has 0 fully saturated rings. The maximum absolute atomic E-state index is 15.3. The first kappa shape index (κ1) is 44.3. The molecule has 0 amide bonds. The highest BCUT2D eigenvalue weighted by Gasteiger charge is 2.40. The van der Waals surface area contributed by atoms with E-state index in [1.807, 2.05) is 121 Å². The molecule has 2 aromatic heterocycles. The van der Waals surface area contributed by atoms with Gasteiger partial charge in [-0.2, -0.15) is 0 Å². The third-order valence-electron chi connectivity index (χ3n) is 14.2. The summed E-state index contributed by atoms with van der Waals surface area (Å²) in [6, 6.07) is 50.8. The third-order valence-corrected chi connectivity index (χ3v) is 14.2. The van der Waals surface area contributed by atoms with Gasteiger partial charge in [-0.15, -0.1) is 0 Å². The Morgan fingerprint density at radius 3 is 1.80 bits per heavy atom. The number of nitrogens with zero attached hydrogens (tertiary/aromatic N) is 4. The molecular formula is C68H62F2N4O+2. The van der Waals surface area contributed by atoms with Crippen molar-refractivity contribution < 1.29 is 19.0 Å². The molecule has 0 spiro atoms. The van der Waals surface area contributed by atoms with Gasteiger partial charge in [0.2, 0.25) is 11.4 Å². The van der Waals surface area contributed by atoms with Crippen LogP contribution in [0.25, 0.3) is 61.0 Å². The van der Waals surface area contributed by atoms with Crippen LogP contribution in [0.5, 0.6) is 11.5 Å². The lowest BCUT2D eigenvalue weighted by atomic mass is 9.86. The highest BCUT2D eigenvalue weighted by molar-refractivity contribution is 6.09. The summed E-state index contributed by atoms with van der Waals surface area (Å²) < 4.78 is 81.3. The molecule has 0 saturated carbocycles. The molecule has 0 aliphatic carbocycles. The summed E-state index contributed by atoms with van der Waals surface area (Å²) in [4.78, 5) is 4.89.